The molecule has 4 fully saturated rings. The number of likely N-dealkylation sites (tertiary alicyclic amines) is 1. The van der Waals surface area contributed by atoms with Gasteiger partial charge in [0.1, 0.15) is 11.6 Å². The summed E-state index contributed by atoms with van der Waals surface area (Å²) in [7, 11) is 2.09. The largest absolute Gasteiger partial charge is 0.472 e. The van der Waals surface area contributed by atoms with Gasteiger partial charge in [0.15, 0.2) is 5.82 Å². The Morgan fingerprint density at radius 3 is 2.67 bits per heavy atom. The summed E-state index contributed by atoms with van der Waals surface area (Å²) in [5.74, 6) is -0.0299. The van der Waals surface area contributed by atoms with Gasteiger partial charge in [-0.05, 0) is 87.8 Å². The maximum atomic E-state index is 17.6. The van der Waals surface area contributed by atoms with Gasteiger partial charge in [0, 0.05) is 47.0 Å². The minimum Gasteiger partial charge on any atom is -0.472 e. The van der Waals surface area contributed by atoms with Crippen molar-refractivity contribution in [2.45, 2.75) is 70.2 Å². The molecule has 5 atom stereocenters. The van der Waals surface area contributed by atoms with Crippen LogP contribution in [0, 0.1) is 41.3 Å². The van der Waals surface area contributed by atoms with Crippen molar-refractivity contribution in [2.24, 2.45) is 5.92 Å². The van der Waals surface area contributed by atoms with E-state index in [1.54, 1.807) is 6.07 Å². The van der Waals surface area contributed by atoms with Crippen molar-refractivity contribution in [1.82, 2.24) is 19.4 Å². The van der Waals surface area contributed by atoms with Gasteiger partial charge in [-0.1, -0.05) is 30.3 Å². The van der Waals surface area contributed by atoms with Gasteiger partial charge < -0.3 is 19.3 Å². The molecule has 1 N–H and O–H groups in total. The fraction of sp³-hybridized carbons (Fsp3) is 0.385. The monoisotopic (exact) mass is 656 g/mol. The molecule has 0 radical (unpaired) electrons. The van der Waals surface area contributed by atoms with E-state index in [1.807, 2.05) is 56.3 Å². The number of hydrogen-bond donors (Lipinski definition) is 1. The first kappa shape index (κ1) is 31.1. The van der Waals surface area contributed by atoms with Gasteiger partial charge in [-0.3, -0.25) is 4.90 Å². The van der Waals surface area contributed by atoms with Crippen molar-refractivity contribution >= 4 is 38.7 Å². The third-order valence-corrected chi connectivity index (χ3v) is 11.3. The summed E-state index contributed by atoms with van der Waals surface area (Å²) in [4.78, 5) is 20.9. The van der Waals surface area contributed by atoms with E-state index in [1.165, 1.54) is 4.90 Å². The van der Waals surface area contributed by atoms with Crippen molar-refractivity contribution in [3.63, 3.8) is 0 Å². The van der Waals surface area contributed by atoms with E-state index in [4.69, 9.17) is 9.72 Å². The van der Waals surface area contributed by atoms with E-state index in [-0.39, 0.29) is 42.1 Å². The minimum absolute atomic E-state index is 0.0908. The predicted octanol–water partition coefficient (Wildman–Crippen LogP) is 7.57. The molecule has 3 aliphatic heterocycles. The van der Waals surface area contributed by atoms with Crippen LogP contribution in [0.5, 0.6) is 5.88 Å². The standard InChI is InChI=1S/C39H37FN6O3/c1-21-16-29-37(46(21)36-26-18-31(36)45(20-26)39(47)48)28-17-24(11-6-14-41)33(27-12-5-9-23-8-4-10-25(19-42)32(23)27)34(40)35(28)43-38(29)49-22(2)30-13-7-15-44(30)3/h4-5,8-10,12,16-17,22,26,30-31,36H,6-7,11,13,15,18,20H2,1-3H3,(H,47,48)/t22-,26+,30?,31+,36-/m0/s1. The fourth-order valence-electron chi connectivity index (χ4n) is 9.01. The van der Waals surface area contributed by atoms with Crippen LogP contribution < -0.4 is 4.74 Å². The van der Waals surface area contributed by atoms with Crippen molar-refractivity contribution in [2.75, 3.05) is 20.1 Å². The van der Waals surface area contributed by atoms with E-state index in [9.17, 15) is 20.4 Å². The third-order valence-electron chi connectivity index (χ3n) is 11.3. The first-order chi connectivity index (χ1) is 23.7. The Kier molecular flexibility index (Phi) is 7.46. The van der Waals surface area contributed by atoms with Crippen LogP contribution in [0.2, 0.25) is 0 Å². The summed E-state index contributed by atoms with van der Waals surface area (Å²) < 4.78 is 26.5. The van der Waals surface area contributed by atoms with Gasteiger partial charge in [-0.15, -0.1) is 0 Å². The molecule has 9 nitrogen and oxygen atoms in total. The van der Waals surface area contributed by atoms with Crippen LogP contribution in [0.15, 0.2) is 48.5 Å². The topological polar surface area (TPSA) is 118 Å². The molecule has 5 heterocycles. The Morgan fingerprint density at radius 1 is 1.18 bits per heavy atom. The summed E-state index contributed by atoms with van der Waals surface area (Å²) in [5.41, 5.74) is 3.85. The minimum atomic E-state index is -0.921. The number of pyridine rings is 1. The molecule has 0 spiro atoms. The van der Waals surface area contributed by atoms with Crippen LogP contribution in [-0.2, 0) is 6.42 Å². The zero-order chi connectivity index (χ0) is 34.1. The maximum absolute atomic E-state index is 17.6. The van der Waals surface area contributed by atoms with Crippen LogP contribution in [-0.4, -0.2) is 68.9 Å². The molecule has 4 aliphatic rings. The number of aryl methyl sites for hydroxylation is 2. The van der Waals surface area contributed by atoms with Gasteiger partial charge in [-0.2, -0.15) is 10.5 Å². The number of nitrogens with zero attached hydrogens (tertiary/aromatic N) is 6. The zero-order valence-electron chi connectivity index (χ0n) is 27.8. The first-order valence-corrected chi connectivity index (χ1v) is 17.0. The normalized spacial score (nSPS) is 22.4. The highest BCUT2D eigenvalue weighted by Gasteiger charge is 2.55. The smallest absolute Gasteiger partial charge is 0.407 e. The summed E-state index contributed by atoms with van der Waals surface area (Å²) in [6, 6.07) is 19.5. The number of carbonyl (C=O) groups is 1. The molecule has 1 aliphatic carbocycles. The summed E-state index contributed by atoms with van der Waals surface area (Å²) >= 11 is 0. The van der Waals surface area contributed by atoms with Gasteiger partial charge in [0.05, 0.1) is 40.7 Å². The van der Waals surface area contributed by atoms with E-state index < -0.39 is 11.9 Å². The number of nitriles is 2. The van der Waals surface area contributed by atoms with Crippen LogP contribution in [0.3, 0.4) is 0 Å². The molecule has 9 rings (SSSR count). The summed E-state index contributed by atoms with van der Waals surface area (Å²) in [5, 5.41) is 32.5. The van der Waals surface area contributed by atoms with Gasteiger partial charge in [0.2, 0.25) is 5.88 Å². The van der Waals surface area contributed by atoms with Crippen molar-refractivity contribution in [3.8, 4) is 29.1 Å². The molecular weight excluding hydrogens is 619 g/mol. The molecule has 248 valence electrons. The average molecular weight is 657 g/mol. The highest BCUT2D eigenvalue weighted by atomic mass is 19.1. The van der Waals surface area contributed by atoms with E-state index >= 15 is 4.39 Å². The van der Waals surface area contributed by atoms with Crippen LogP contribution in [0.25, 0.3) is 43.7 Å². The number of rotatable bonds is 7. The highest BCUT2D eigenvalue weighted by Crippen LogP contribution is 2.53. The third kappa shape index (κ3) is 4.73. The first-order valence-electron chi connectivity index (χ1n) is 17.0. The second-order valence-electron chi connectivity index (χ2n) is 13.9. The number of carboxylic acid groups (broad SMARTS) is 1. The van der Waals surface area contributed by atoms with Gasteiger partial charge >= 0.3 is 6.09 Å². The lowest BCUT2D eigenvalue weighted by atomic mass is 9.79. The van der Waals surface area contributed by atoms with Crippen molar-refractivity contribution < 1.29 is 19.0 Å². The number of benzene rings is 3. The number of amides is 1. The predicted molar refractivity (Wildman–Crippen MR) is 185 cm³/mol. The Balaban J connectivity index is 1.42. The number of halogens is 1. The summed E-state index contributed by atoms with van der Waals surface area (Å²) in [6.45, 7) is 5.50. The molecule has 1 saturated carbocycles. The number of aromatic nitrogens is 2. The van der Waals surface area contributed by atoms with E-state index in [0.717, 1.165) is 47.8 Å². The molecule has 2 aromatic heterocycles. The average Bonchev–Trinajstić information content (AvgIpc) is 3.88. The van der Waals surface area contributed by atoms with Gasteiger partial charge in [-0.25, -0.2) is 14.2 Å². The van der Waals surface area contributed by atoms with Crippen LogP contribution in [0.4, 0.5) is 9.18 Å². The molecule has 3 saturated heterocycles. The van der Waals surface area contributed by atoms with Crippen LogP contribution >= 0.6 is 0 Å². The lowest BCUT2D eigenvalue weighted by molar-refractivity contribution is 0.118. The van der Waals surface area contributed by atoms with E-state index in [2.05, 4.69) is 28.7 Å². The molecule has 3 aromatic carbocycles. The molecule has 2 bridgehead atoms. The molecule has 10 heteroatoms. The van der Waals surface area contributed by atoms with Crippen LogP contribution in [0.1, 0.15) is 55.5 Å². The molecule has 5 aromatic rings. The number of fused-ring (bicyclic) bond motifs is 5. The lowest BCUT2D eigenvalue weighted by Gasteiger charge is -2.38. The second-order valence-corrected chi connectivity index (χ2v) is 13.9. The number of hydrogen-bond acceptors (Lipinski definition) is 6. The molecule has 1 amide bonds. The lowest BCUT2D eigenvalue weighted by Crippen LogP contribution is -2.42. The second kappa shape index (κ2) is 11.7. The van der Waals surface area contributed by atoms with Gasteiger partial charge in [0.25, 0.3) is 0 Å². The Hall–Kier alpha value is -5.19. The zero-order valence-corrected chi connectivity index (χ0v) is 27.8. The number of ether oxygens (including phenoxy) is 1. The maximum Gasteiger partial charge on any atom is 0.407 e. The Bertz CT molecular complexity index is 2260. The Labute approximate surface area is 283 Å². The highest BCUT2D eigenvalue weighted by molar-refractivity contribution is 6.10. The number of likely N-dealkylation sites (N-methyl/N-ethyl adjacent to an activating group) is 1. The fourth-order valence-corrected chi connectivity index (χ4v) is 9.01. The molecule has 49 heavy (non-hydrogen) atoms. The van der Waals surface area contributed by atoms with E-state index in [0.29, 0.717) is 51.9 Å². The summed E-state index contributed by atoms with van der Waals surface area (Å²) in [6.07, 6.45) is 2.22. The Morgan fingerprint density at radius 2 is 1.98 bits per heavy atom. The molecule has 1 unspecified atom stereocenters. The quantitative estimate of drug-likeness (QED) is 0.192. The SMILES string of the molecule is Cc1cc2c(O[C@@H](C)C3CCCN3C)nc3c(F)c(-c4cccc5cccc(C#N)c45)c(CCC#N)cc3c2n1[C@H]1[C@@H]2C[C@H]1N(C(=O)O)C2. The van der Waals surface area contributed by atoms with Crippen molar-refractivity contribution in [1.29, 1.82) is 10.5 Å². The van der Waals surface area contributed by atoms with Crippen molar-refractivity contribution in [3.05, 3.63) is 71.2 Å². The molecular formula is C39H37FN6O3.